The Balaban J connectivity index is 1.10. The van der Waals surface area contributed by atoms with Gasteiger partial charge in [0.05, 0.1) is 34.3 Å². The highest BCUT2D eigenvalue weighted by Gasteiger charge is 2.20. The van der Waals surface area contributed by atoms with Crippen molar-refractivity contribution < 1.29 is 4.42 Å². The van der Waals surface area contributed by atoms with Gasteiger partial charge in [-0.1, -0.05) is 158 Å². The zero-order valence-electron chi connectivity index (χ0n) is 33.8. The molecule has 13 aromatic rings. The molecule has 292 valence electrons. The number of hydrogen-bond acceptors (Lipinski definition) is 5. The van der Waals surface area contributed by atoms with Crippen LogP contribution in [0.15, 0.2) is 211 Å². The maximum absolute atomic E-state index is 6.36. The summed E-state index contributed by atoms with van der Waals surface area (Å²) in [6.45, 7) is 0. The minimum atomic E-state index is 0.606. The second-order valence-electron chi connectivity index (χ2n) is 16.1. The van der Waals surface area contributed by atoms with Crippen LogP contribution in [0.2, 0.25) is 0 Å². The number of para-hydroxylation sites is 1. The number of rotatable bonds is 5. The minimum absolute atomic E-state index is 0.606. The highest BCUT2D eigenvalue weighted by molar-refractivity contribution is 6.23. The lowest BCUT2D eigenvalue weighted by Crippen LogP contribution is -1.98. The SMILES string of the molecule is c1ccc(-c2cc(-c3cccc4oc5ccccc5c34)nc(-c3cc(-c4cnc5c6ccccc6c6ccccc6c5n4)cc(-c4cc5ccccc5c5ccccc45)c3)n2)cc1. The van der Waals surface area contributed by atoms with E-state index < -0.39 is 0 Å². The molecule has 3 aromatic heterocycles. The molecule has 0 N–H and O–H groups in total. The molecule has 0 fully saturated rings. The molecule has 0 aliphatic rings. The molecule has 0 bridgehead atoms. The molecule has 0 spiro atoms. The van der Waals surface area contributed by atoms with Gasteiger partial charge in [0.15, 0.2) is 5.82 Å². The number of aromatic nitrogens is 4. The van der Waals surface area contributed by atoms with Crippen molar-refractivity contribution in [3.8, 4) is 56.3 Å². The predicted octanol–water partition coefficient (Wildman–Crippen LogP) is 15.3. The zero-order chi connectivity index (χ0) is 41.4. The van der Waals surface area contributed by atoms with Gasteiger partial charge >= 0.3 is 0 Å². The molecule has 0 atom stereocenters. The Kier molecular flexibility index (Phi) is 7.84. The molecule has 13 rings (SSSR count). The van der Waals surface area contributed by atoms with E-state index in [9.17, 15) is 0 Å². The van der Waals surface area contributed by atoms with Crippen molar-refractivity contribution in [2.75, 3.05) is 0 Å². The summed E-state index contributed by atoms with van der Waals surface area (Å²) in [5.74, 6) is 0.606. The smallest absolute Gasteiger partial charge is 0.160 e. The van der Waals surface area contributed by atoms with Crippen molar-refractivity contribution in [3.63, 3.8) is 0 Å². The Bertz CT molecular complexity index is 3950. The number of hydrogen-bond donors (Lipinski definition) is 0. The quantitative estimate of drug-likeness (QED) is 0.162. The topological polar surface area (TPSA) is 64.7 Å². The Labute approximate surface area is 361 Å². The van der Waals surface area contributed by atoms with Crippen LogP contribution in [0.4, 0.5) is 0 Å². The summed E-state index contributed by atoms with van der Waals surface area (Å²) in [5, 5.41) is 11.3. The third-order valence-corrected chi connectivity index (χ3v) is 12.5. The summed E-state index contributed by atoms with van der Waals surface area (Å²) in [7, 11) is 0. The minimum Gasteiger partial charge on any atom is -0.456 e. The van der Waals surface area contributed by atoms with E-state index in [1.54, 1.807) is 0 Å². The van der Waals surface area contributed by atoms with Crippen LogP contribution in [-0.4, -0.2) is 19.9 Å². The van der Waals surface area contributed by atoms with Gasteiger partial charge in [0, 0.05) is 43.8 Å². The van der Waals surface area contributed by atoms with Gasteiger partial charge in [0.2, 0.25) is 0 Å². The summed E-state index contributed by atoms with van der Waals surface area (Å²) in [5.41, 5.74) is 11.7. The lowest BCUT2D eigenvalue weighted by molar-refractivity contribution is 0.669. The van der Waals surface area contributed by atoms with Crippen molar-refractivity contribution in [2.24, 2.45) is 0 Å². The van der Waals surface area contributed by atoms with Gasteiger partial charge in [-0.2, -0.15) is 0 Å². The third kappa shape index (κ3) is 5.71. The van der Waals surface area contributed by atoms with Crippen LogP contribution in [0, 0.1) is 0 Å². The lowest BCUT2D eigenvalue weighted by Gasteiger charge is -2.15. The van der Waals surface area contributed by atoms with Crippen LogP contribution in [0.3, 0.4) is 0 Å². The van der Waals surface area contributed by atoms with E-state index >= 15 is 0 Å². The molecule has 0 saturated heterocycles. The van der Waals surface area contributed by atoms with E-state index in [0.29, 0.717) is 5.82 Å². The highest BCUT2D eigenvalue weighted by Crippen LogP contribution is 2.42. The van der Waals surface area contributed by atoms with E-state index in [-0.39, 0.29) is 0 Å². The summed E-state index contributed by atoms with van der Waals surface area (Å²) in [6.07, 6.45) is 1.92. The maximum Gasteiger partial charge on any atom is 0.160 e. The Hall–Kier alpha value is -8.54. The molecule has 0 unspecified atom stereocenters. The fraction of sp³-hybridized carbons (Fsp3) is 0. The number of furan rings is 1. The van der Waals surface area contributed by atoms with Crippen LogP contribution < -0.4 is 0 Å². The van der Waals surface area contributed by atoms with E-state index in [0.717, 1.165) is 99.6 Å². The average molecular weight is 803 g/mol. The molecule has 0 radical (unpaired) electrons. The fourth-order valence-electron chi connectivity index (χ4n) is 9.57. The fourth-order valence-corrected chi connectivity index (χ4v) is 9.57. The normalized spacial score (nSPS) is 11.8. The molecule has 5 heteroatoms. The first-order chi connectivity index (χ1) is 31.2. The first-order valence-electron chi connectivity index (χ1n) is 21.2. The highest BCUT2D eigenvalue weighted by atomic mass is 16.3. The van der Waals surface area contributed by atoms with E-state index in [4.69, 9.17) is 24.4 Å². The summed E-state index contributed by atoms with van der Waals surface area (Å²) < 4.78 is 6.36. The number of nitrogens with zero attached hydrogens (tertiary/aromatic N) is 4. The summed E-state index contributed by atoms with van der Waals surface area (Å²) >= 11 is 0. The first-order valence-corrected chi connectivity index (χ1v) is 21.2. The van der Waals surface area contributed by atoms with Gasteiger partial charge < -0.3 is 4.42 Å². The van der Waals surface area contributed by atoms with Gasteiger partial charge in [-0.15, -0.1) is 0 Å². The third-order valence-electron chi connectivity index (χ3n) is 12.5. The largest absolute Gasteiger partial charge is 0.456 e. The van der Waals surface area contributed by atoms with Gasteiger partial charge in [0.1, 0.15) is 11.2 Å². The van der Waals surface area contributed by atoms with Gasteiger partial charge in [-0.05, 0) is 85.9 Å². The second kappa shape index (κ2) is 14.0. The molecule has 5 nitrogen and oxygen atoms in total. The Morgan fingerprint density at radius 3 is 1.70 bits per heavy atom. The van der Waals surface area contributed by atoms with Gasteiger partial charge in [-0.3, -0.25) is 4.98 Å². The van der Waals surface area contributed by atoms with Gasteiger partial charge in [0.25, 0.3) is 0 Å². The molecular weight excluding hydrogens is 769 g/mol. The van der Waals surface area contributed by atoms with Crippen LogP contribution in [0.5, 0.6) is 0 Å². The molecule has 63 heavy (non-hydrogen) atoms. The average Bonchev–Trinajstić information content (AvgIpc) is 3.75. The first kappa shape index (κ1) is 35.2. The predicted molar refractivity (Wildman–Crippen MR) is 260 cm³/mol. The summed E-state index contributed by atoms with van der Waals surface area (Å²) in [4.78, 5) is 21.5. The van der Waals surface area contributed by atoms with E-state index in [1.807, 2.05) is 36.5 Å². The lowest BCUT2D eigenvalue weighted by atomic mass is 9.91. The number of benzene rings is 10. The van der Waals surface area contributed by atoms with Crippen LogP contribution >= 0.6 is 0 Å². The molecule has 10 aromatic carbocycles. The summed E-state index contributed by atoms with van der Waals surface area (Å²) in [6, 6.07) is 70.1. The Morgan fingerprint density at radius 2 is 0.905 bits per heavy atom. The van der Waals surface area contributed by atoms with Crippen molar-refractivity contribution in [1.29, 1.82) is 0 Å². The Morgan fingerprint density at radius 1 is 0.317 bits per heavy atom. The van der Waals surface area contributed by atoms with Crippen molar-refractivity contribution in [3.05, 3.63) is 206 Å². The molecule has 0 amide bonds. The van der Waals surface area contributed by atoms with Crippen molar-refractivity contribution in [2.45, 2.75) is 0 Å². The van der Waals surface area contributed by atoms with Gasteiger partial charge in [-0.25, -0.2) is 15.0 Å². The maximum atomic E-state index is 6.36. The monoisotopic (exact) mass is 802 g/mol. The zero-order valence-corrected chi connectivity index (χ0v) is 33.8. The van der Waals surface area contributed by atoms with Crippen LogP contribution in [0.25, 0.3) is 132 Å². The van der Waals surface area contributed by atoms with Crippen molar-refractivity contribution in [1.82, 2.24) is 19.9 Å². The molecule has 0 aliphatic carbocycles. The second-order valence-corrected chi connectivity index (χ2v) is 16.1. The standard InChI is InChI=1S/C58H34N4O/c1-2-15-35(16-3-1)50-33-51(47-26-14-28-54-55(47)48-25-12-13-27-53(48)63-54)62-58(61-50)39-30-37(49-32-36-17-4-5-18-40(36)41-19-6-7-22-44(41)49)29-38(31-39)52-34-59-56-45-23-10-8-20-42(45)43-21-9-11-24-46(43)57(56)60-52/h1-34H. The molecule has 0 aliphatic heterocycles. The van der Waals surface area contributed by atoms with Crippen molar-refractivity contribution >= 4 is 76.1 Å². The molecule has 3 heterocycles. The van der Waals surface area contributed by atoms with Crippen LogP contribution in [0.1, 0.15) is 0 Å². The van der Waals surface area contributed by atoms with E-state index in [2.05, 4.69) is 170 Å². The molecule has 0 saturated carbocycles. The molecular formula is C58H34N4O. The van der Waals surface area contributed by atoms with E-state index in [1.165, 1.54) is 26.9 Å². The van der Waals surface area contributed by atoms with Crippen LogP contribution in [-0.2, 0) is 0 Å². The number of fused-ring (bicyclic) bond motifs is 12.